The quantitative estimate of drug-likeness (QED) is 0.235. The van der Waals surface area contributed by atoms with Crippen molar-refractivity contribution < 1.29 is 4.42 Å². The Labute approximate surface area is 228 Å². The fourth-order valence-corrected chi connectivity index (χ4v) is 5.74. The molecule has 184 valence electrons. The molecule has 5 heteroatoms. The van der Waals surface area contributed by atoms with Crippen molar-refractivity contribution in [1.29, 1.82) is 0 Å². The molecule has 1 N–H and O–H groups in total. The number of fused-ring (bicyclic) bond motifs is 7. The summed E-state index contributed by atoms with van der Waals surface area (Å²) in [7, 11) is 0. The van der Waals surface area contributed by atoms with E-state index in [1.807, 2.05) is 48.5 Å². The maximum Gasteiger partial charge on any atom is 0.161 e. The number of hydrogen-bond acceptors (Lipinski definition) is 3. The summed E-state index contributed by atoms with van der Waals surface area (Å²) in [6.07, 6.45) is 0. The van der Waals surface area contributed by atoms with Gasteiger partial charge in [-0.2, -0.15) is 0 Å². The van der Waals surface area contributed by atoms with Gasteiger partial charge in [-0.05, 0) is 35.4 Å². The summed E-state index contributed by atoms with van der Waals surface area (Å²) in [6.45, 7) is 0. The first-order chi connectivity index (χ1) is 19.2. The van der Waals surface area contributed by atoms with Crippen LogP contribution in [0.2, 0.25) is 5.15 Å². The highest BCUT2D eigenvalue weighted by molar-refractivity contribution is 6.29. The molecule has 4 nitrogen and oxygen atoms in total. The van der Waals surface area contributed by atoms with Crippen LogP contribution in [-0.2, 0) is 0 Å². The molecular formula is C34H20ClN3O. The fourth-order valence-electron chi connectivity index (χ4n) is 5.56. The molecule has 0 radical (unpaired) electrons. The van der Waals surface area contributed by atoms with Gasteiger partial charge in [0.15, 0.2) is 5.82 Å². The molecule has 8 aromatic rings. The highest BCUT2D eigenvalue weighted by Crippen LogP contribution is 2.41. The number of furan rings is 1. The van der Waals surface area contributed by atoms with Crippen LogP contribution in [0.3, 0.4) is 0 Å². The standard InChI is InChI=1S/C34H20ClN3O/c35-30-19-28(37-34(38-30)22-7-2-1-3-8-22)21-15-13-20(14-16-21)23-10-6-11-26-31(23)32-27(36-26)18-17-25-24-9-4-5-12-29(24)39-33(25)32/h1-19,36H. The van der Waals surface area contributed by atoms with Gasteiger partial charge < -0.3 is 9.40 Å². The Kier molecular flexibility index (Phi) is 4.84. The molecule has 5 aromatic carbocycles. The summed E-state index contributed by atoms with van der Waals surface area (Å²) < 4.78 is 6.41. The average Bonchev–Trinajstić information content (AvgIpc) is 3.56. The lowest BCUT2D eigenvalue weighted by Crippen LogP contribution is -1.93. The lowest BCUT2D eigenvalue weighted by atomic mass is 9.97. The number of aromatic nitrogens is 3. The lowest BCUT2D eigenvalue weighted by Gasteiger charge is -2.08. The van der Waals surface area contributed by atoms with Gasteiger partial charge in [0.2, 0.25) is 0 Å². The zero-order valence-electron chi connectivity index (χ0n) is 20.7. The number of aromatic amines is 1. The molecule has 0 saturated carbocycles. The van der Waals surface area contributed by atoms with E-state index in [1.54, 1.807) is 0 Å². The van der Waals surface area contributed by atoms with Crippen LogP contribution in [0.25, 0.3) is 77.5 Å². The Bertz CT molecular complexity index is 2180. The van der Waals surface area contributed by atoms with Crippen molar-refractivity contribution in [3.05, 3.63) is 120 Å². The van der Waals surface area contributed by atoms with Gasteiger partial charge >= 0.3 is 0 Å². The summed E-state index contributed by atoms with van der Waals surface area (Å²) in [5, 5.41) is 4.93. The van der Waals surface area contributed by atoms with Crippen molar-refractivity contribution in [2.45, 2.75) is 0 Å². The van der Waals surface area contributed by atoms with E-state index < -0.39 is 0 Å². The van der Waals surface area contributed by atoms with Crippen LogP contribution in [0.1, 0.15) is 0 Å². The van der Waals surface area contributed by atoms with Crippen LogP contribution in [0.4, 0.5) is 0 Å². The molecule has 0 aliphatic heterocycles. The monoisotopic (exact) mass is 521 g/mol. The van der Waals surface area contributed by atoms with E-state index in [9.17, 15) is 0 Å². The van der Waals surface area contributed by atoms with Gasteiger partial charge in [0.25, 0.3) is 0 Å². The first-order valence-corrected chi connectivity index (χ1v) is 13.2. The Morgan fingerprint density at radius 3 is 2.23 bits per heavy atom. The van der Waals surface area contributed by atoms with Gasteiger partial charge in [-0.15, -0.1) is 0 Å². The Morgan fingerprint density at radius 2 is 1.36 bits per heavy atom. The summed E-state index contributed by atoms with van der Waals surface area (Å²) >= 11 is 6.40. The molecular weight excluding hydrogens is 502 g/mol. The van der Waals surface area contributed by atoms with Crippen molar-refractivity contribution in [3.8, 4) is 33.8 Å². The van der Waals surface area contributed by atoms with E-state index in [1.165, 1.54) is 0 Å². The Balaban J connectivity index is 1.28. The van der Waals surface area contributed by atoms with Crippen molar-refractivity contribution in [3.63, 3.8) is 0 Å². The van der Waals surface area contributed by atoms with Crippen LogP contribution in [-0.4, -0.2) is 15.0 Å². The molecule has 3 aromatic heterocycles. The number of nitrogens with zero attached hydrogens (tertiary/aromatic N) is 2. The number of hydrogen-bond donors (Lipinski definition) is 1. The Hall–Kier alpha value is -4.93. The number of H-pyrrole nitrogens is 1. The third-order valence-electron chi connectivity index (χ3n) is 7.35. The van der Waals surface area contributed by atoms with Gasteiger partial charge in [-0.1, -0.05) is 96.5 Å². The maximum atomic E-state index is 6.41. The summed E-state index contributed by atoms with van der Waals surface area (Å²) in [6, 6.07) is 39.0. The van der Waals surface area contributed by atoms with Gasteiger partial charge in [0.05, 0.1) is 16.6 Å². The van der Waals surface area contributed by atoms with E-state index >= 15 is 0 Å². The smallest absolute Gasteiger partial charge is 0.161 e. The zero-order valence-corrected chi connectivity index (χ0v) is 21.4. The SMILES string of the molecule is Clc1cc(-c2ccc(-c3cccc4[nH]c5ccc6c7ccccc7oc6c5c34)cc2)nc(-c2ccccc2)n1. The molecule has 0 fully saturated rings. The van der Waals surface area contributed by atoms with Crippen molar-refractivity contribution in [2.24, 2.45) is 0 Å². The van der Waals surface area contributed by atoms with E-state index in [0.717, 1.165) is 71.7 Å². The number of para-hydroxylation sites is 1. The van der Waals surface area contributed by atoms with Crippen LogP contribution in [0.5, 0.6) is 0 Å². The zero-order chi connectivity index (χ0) is 25.9. The molecule has 39 heavy (non-hydrogen) atoms. The van der Waals surface area contributed by atoms with Crippen molar-refractivity contribution in [1.82, 2.24) is 15.0 Å². The second-order valence-electron chi connectivity index (χ2n) is 9.66. The normalized spacial score (nSPS) is 11.7. The van der Waals surface area contributed by atoms with Gasteiger partial charge in [-0.25, -0.2) is 9.97 Å². The average molecular weight is 522 g/mol. The highest BCUT2D eigenvalue weighted by atomic mass is 35.5. The van der Waals surface area contributed by atoms with Crippen LogP contribution >= 0.6 is 11.6 Å². The van der Waals surface area contributed by atoms with Gasteiger partial charge in [0.1, 0.15) is 16.3 Å². The molecule has 0 atom stereocenters. The van der Waals surface area contributed by atoms with Crippen LogP contribution in [0, 0.1) is 0 Å². The van der Waals surface area contributed by atoms with Crippen LogP contribution in [0.15, 0.2) is 120 Å². The molecule has 0 unspecified atom stereocenters. The van der Waals surface area contributed by atoms with Gasteiger partial charge in [0, 0.05) is 38.9 Å². The maximum absolute atomic E-state index is 6.41. The largest absolute Gasteiger partial charge is 0.455 e. The van der Waals surface area contributed by atoms with Crippen molar-refractivity contribution in [2.75, 3.05) is 0 Å². The summed E-state index contributed by atoms with van der Waals surface area (Å²) in [5.74, 6) is 0.612. The van der Waals surface area contributed by atoms with Gasteiger partial charge in [-0.3, -0.25) is 0 Å². The molecule has 0 saturated heterocycles. The summed E-state index contributed by atoms with van der Waals surface area (Å²) in [4.78, 5) is 12.8. The second-order valence-corrected chi connectivity index (χ2v) is 10.0. The minimum Gasteiger partial charge on any atom is -0.455 e. The number of benzene rings is 5. The predicted octanol–water partition coefficient (Wildman–Crippen LogP) is 9.66. The van der Waals surface area contributed by atoms with E-state index in [-0.39, 0.29) is 0 Å². The molecule has 0 bridgehead atoms. The minimum absolute atomic E-state index is 0.418. The molecule has 8 rings (SSSR count). The number of rotatable bonds is 3. The number of halogens is 1. The van der Waals surface area contributed by atoms with E-state index in [4.69, 9.17) is 21.0 Å². The molecule has 0 aliphatic carbocycles. The van der Waals surface area contributed by atoms with E-state index in [0.29, 0.717) is 11.0 Å². The third-order valence-corrected chi connectivity index (χ3v) is 7.54. The molecule has 0 aliphatic rings. The third kappa shape index (κ3) is 3.53. The highest BCUT2D eigenvalue weighted by Gasteiger charge is 2.17. The first kappa shape index (κ1) is 22.1. The fraction of sp³-hybridized carbons (Fsp3) is 0. The predicted molar refractivity (Wildman–Crippen MR) is 160 cm³/mol. The lowest BCUT2D eigenvalue weighted by molar-refractivity contribution is 0.673. The minimum atomic E-state index is 0.418. The second kappa shape index (κ2) is 8.55. The molecule has 0 amide bonds. The number of nitrogens with one attached hydrogen (secondary N) is 1. The molecule has 3 heterocycles. The van der Waals surface area contributed by atoms with Crippen LogP contribution < -0.4 is 0 Å². The molecule has 0 spiro atoms. The van der Waals surface area contributed by atoms with Crippen molar-refractivity contribution >= 4 is 55.3 Å². The topological polar surface area (TPSA) is 54.7 Å². The Morgan fingerprint density at radius 1 is 0.590 bits per heavy atom. The first-order valence-electron chi connectivity index (χ1n) is 12.8. The summed E-state index contributed by atoms with van der Waals surface area (Å²) in [5.41, 5.74) is 8.90. The van der Waals surface area contributed by atoms with E-state index in [2.05, 4.69) is 76.7 Å².